The number of hydrogen-bond acceptors (Lipinski definition) is 1. The third-order valence-electron chi connectivity index (χ3n) is 7.43. The zero-order valence-electron chi connectivity index (χ0n) is 16.4. The van der Waals surface area contributed by atoms with E-state index in [9.17, 15) is 4.39 Å². The molecule has 2 rings (SSSR count). The molecule has 0 amide bonds. The van der Waals surface area contributed by atoms with Gasteiger partial charge in [0, 0.05) is 6.61 Å². The molecule has 2 aliphatic carbocycles. The molecule has 1 N–H and O–H groups in total. The van der Waals surface area contributed by atoms with Gasteiger partial charge in [-0.2, -0.15) is 0 Å². The Kier molecular flexibility index (Phi) is 8.54. The van der Waals surface area contributed by atoms with Crippen LogP contribution >= 0.6 is 0 Å². The molecule has 0 radical (unpaired) electrons. The summed E-state index contributed by atoms with van der Waals surface area (Å²) in [5.41, 5.74) is 0. The molecule has 0 aromatic rings. The fourth-order valence-corrected chi connectivity index (χ4v) is 5.55. The van der Waals surface area contributed by atoms with Gasteiger partial charge in [0.15, 0.2) is 0 Å². The smallest absolute Gasteiger partial charge is 0.103 e. The maximum absolute atomic E-state index is 13.7. The lowest BCUT2D eigenvalue weighted by molar-refractivity contribution is 0.0775. The van der Waals surface area contributed by atoms with E-state index in [0.29, 0.717) is 12.5 Å². The van der Waals surface area contributed by atoms with Crippen LogP contribution in [-0.4, -0.2) is 17.9 Å². The molecule has 0 aliphatic heterocycles. The third-order valence-corrected chi connectivity index (χ3v) is 7.43. The molecule has 2 heteroatoms. The largest absolute Gasteiger partial charge is 0.396 e. The topological polar surface area (TPSA) is 20.2 Å². The van der Waals surface area contributed by atoms with E-state index in [1.165, 1.54) is 44.9 Å². The van der Waals surface area contributed by atoms with Gasteiger partial charge >= 0.3 is 0 Å². The Morgan fingerprint density at radius 3 is 2.21 bits per heavy atom. The first-order chi connectivity index (χ1) is 11.5. The molecule has 5 atom stereocenters. The van der Waals surface area contributed by atoms with Gasteiger partial charge < -0.3 is 5.11 Å². The predicted octanol–water partition coefficient (Wildman–Crippen LogP) is 6.39. The summed E-state index contributed by atoms with van der Waals surface area (Å²) in [7, 11) is 0. The minimum absolute atomic E-state index is 0.290. The van der Waals surface area contributed by atoms with E-state index in [1.54, 1.807) is 0 Å². The average Bonchev–Trinajstić information content (AvgIpc) is 2.59. The van der Waals surface area contributed by atoms with Crippen LogP contribution in [0, 0.1) is 35.5 Å². The normalized spacial score (nSPS) is 37.1. The van der Waals surface area contributed by atoms with Crippen molar-refractivity contribution in [1.29, 1.82) is 0 Å². The van der Waals surface area contributed by atoms with Gasteiger partial charge in [0.25, 0.3) is 0 Å². The van der Waals surface area contributed by atoms with Crippen LogP contribution in [0.2, 0.25) is 0 Å². The van der Waals surface area contributed by atoms with Crippen molar-refractivity contribution in [1.82, 2.24) is 0 Å². The van der Waals surface area contributed by atoms with E-state index >= 15 is 0 Å². The van der Waals surface area contributed by atoms with Gasteiger partial charge in [-0.05, 0) is 93.3 Å². The standard InChI is InChI=1S/C22H41FO/c1-4-18(6-5-16(2)13-14-24)19-7-9-20(10-8-19)21-11-12-22(23)17(3)15-21/h16-22,24H,4-15H2,1-3H3. The van der Waals surface area contributed by atoms with E-state index in [4.69, 9.17) is 5.11 Å². The Labute approximate surface area is 149 Å². The van der Waals surface area contributed by atoms with Crippen molar-refractivity contribution in [3.8, 4) is 0 Å². The summed E-state index contributed by atoms with van der Waals surface area (Å²) in [5.74, 6) is 4.44. The molecule has 142 valence electrons. The second kappa shape index (κ2) is 10.1. The predicted molar refractivity (Wildman–Crippen MR) is 101 cm³/mol. The van der Waals surface area contributed by atoms with Crippen LogP contribution in [0.25, 0.3) is 0 Å². The van der Waals surface area contributed by atoms with Crippen molar-refractivity contribution in [2.75, 3.05) is 6.61 Å². The minimum Gasteiger partial charge on any atom is -0.396 e. The summed E-state index contributed by atoms with van der Waals surface area (Å²) in [6.45, 7) is 7.09. The molecule has 24 heavy (non-hydrogen) atoms. The second-order valence-electron chi connectivity index (χ2n) is 9.10. The lowest BCUT2D eigenvalue weighted by Crippen LogP contribution is -2.31. The second-order valence-corrected chi connectivity index (χ2v) is 9.10. The van der Waals surface area contributed by atoms with Crippen LogP contribution < -0.4 is 0 Å². The maximum Gasteiger partial charge on any atom is 0.103 e. The van der Waals surface area contributed by atoms with Crippen molar-refractivity contribution in [2.24, 2.45) is 35.5 Å². The number of rotatable bonds is 8. The Bertz CT molecular complexity index is 337. The highest BCUT2D eigenvalue weighted by molar-refractivity contribution is 4.86. The van der Waals surface area contributed by atoms with Crippen LogP contribution in [0.5, 0.6) is 0 Å². The number of halogens is 1. The van der Waals surface area contributed by atoms with E-state index in [2.05, 4.69) is 20.8 Å². The molecule has 0 saturated heterocycles. The SMILES string of the molecule is CCC(CCC(C)CCO)C1CCC(C2CCC(F)C(C)C2)CC1. The average molecular weight is 341 g/mol. The highest BCUT2D eigenvalue weighted by atomic mass is 19.1. The highest BCUT2D eigenvalue weighted by Crippen LogP contribution is 2.44. The molecular formula is C22H41FO. The van der Waals surface area contributed by atoms with Gasteiger partial charge in [0.2, 0.25) is 0 Å². The lowest BCUT2D eigenvalue weighted by atomic mass is 9.66. The summed E-state index contributed by atoms with van der Waals surface area (Å²) in [4.78, 5) is 0. The van der Waals surface area contributed by atoms with Crippen LogP contribution in [0.15, 0.2) is 0 Å². The summed E-state index contributed by atoms with van der Waals surface area (Å²) >= 11 is 0. The van der Waals surface area contributed by atoms with E-state index < -0.39 is 6.17 Å². The Balaban J connectivity index is 1.74. The summed E-state index contributed by atoms with van der Waals surface area (Å²) in [6, 6.07) is 0. The first kappa shape index (κ1) is 20.2. The fraction of sp³-hybridized carbons (Fsp3) is 1.00. The van der Waals surface area contributed by atoms with Crippen molar-refractivity contribution >= 4 is 0 Å². The molecule has 5 unspecified atom stereocenters. The zero-order valence-corrected chi connectivity index (χ0v) is 16.4. The van der Waals surface area contributed by atoms with Crippen molar-refractivity contribution < 1.29 is 9.50 Å². The highest BCUT2D eigenvalue weighted by Gasteiger charge is 2.35. The van der Waals surface area contributed by atoms with Crippen molar-refractivity contribution in [3.05, 3.63) is 0 Å². The Morgan fingerprint density at radius 1 is 0.958 bits per heavy atom. The van der Waals surface area contributed by atoms with Crippen LogP contribution in [-0.2, 0) is 0 Å². The van der Waals surface area contributed by atoms with Gasteiger partial charge in [-0.25, -0.2) is 4.39 Å². The number of aliphatic hydroxyl groups is 1. The van der Waals surface area contributed by atoms with Crippen molar-refractivity contribution in [3.63, 3.8) is 0 Å². The zero-order chi connectivity index (χ0) is 17.5. The Morgan fingerprint density at radius 2 is 1.62 bits per heavy atom. The number of aliphatic hydroxyl groups excluding tert-OH is 1. The summed E-state index contributed by atoms with van der Waals surface area (Å²) < 4.78 is 13.7. The monoisotopic (exact) mass is 340 g/mol. The molecule has 2 aliphatic rings. The van der Waals surface area contributed by atoms with Crippen LogP contribution in [0.3, 0.4) is 0 Å². The molecule has 0 bridgehead atoms. The molecule has 0 aromatic carbocycles. The third kappa shape index (κ3) is 5.71. The van der Waals surface area contributed by atoms with Gasteiger partial charge in [-0.1, -0.05) is 33.6 Å². The number of hydrogen-bond donors (Lipinski definition) is 1. The van der Waals surface area contributed by atoms with Crippen LogP contribution in [0.4, 0.5) is 4.39 Å². The first-order valence-corrected chi connectivity index (χ1v) is 10.8. The van der Waals surface area contributed by atoms with Gasteiger partial charge in [0.05, 0.1) is 0 Å². The van der Waals surface area contributed by atoms with Gasteiger partial charge in [-0.15, -0.1) is 0 Å². The van der Waals surface area contributed by atoms with E-state index in [1.807, 2.05) is 0 Å². The summed E-state index contributed by atoms with van der Waals surface area (Å²) in [5, 5.41) is 9.07. The molecule has 0 aromatic heterocycles. The lowest BCUT2D eigenvalue weighted by Gasteiger charge is -2.40. The molecule has 2 fully saturated rings. The van der Waals surface area contributed by atoms with Gasteiger partial charge in [0.1, 0.15) is 6.17 Å². The molecular weight excluding hydrogens is 299 g/mol. The quantitative estimate of drug-likeness (QED) is 0.542. The molecule has 0 heterocycles. The van der Waals surface area contributed by atoms with Gasteiger partial charge in [-0.3, -0.25) is 0 Å². The molecule has 2 saturated carbocycles. The minimum atomic E-state index is -0.539. The molecule has 0 spiro atoms. The summed E-state index contributed by atoms with van der Waals surface area (Å²) in [6.07, 6.45) is 13.0. The Hall–Kier alpha value is -0.110. The molecule has 1 nitrogen and oxygen atoms in total. The maximum atomic E-state index is 13.7. The van der Waals surface area contributed by atoms with Crippen molar-refractivity contribution in [2.45, 2.75) is 97.6 Å². The fourth-order valence-electron chi connectivity index (χ4n) is 5.55. The van der Waals surface area contributed by atoms with E-state index in [-0.39, 0.29) is 5.92 Å². The van der Waals surface area contributed by atoms with Crippen LogP contribution in [0.1, 0.15) is 91.4 Å². The van der Waals surface area contributed by atoms with E-state index in [0.717, 1.165) is 49.4 Å². The first-order valence-electron chi connectivity index (χ1n) is 10.8. The number of alkyl halides is 1.